The second-order valence-electron chi connectivity index (χ2n) is 15.0. The maximum atomic E-state index is 13.3. The highest BCUT2D eigenvalue weighted by Crippen LogP contribution is 2.29. The second-order valence-corrected chi connectivity index (χ2v) is 19.6. The zero-order valence-electron chi connectivity index (χ0n) is 35.5. The van der Waals surface area contributed by atoms with E-state index in [1.165, 1.54) is 109 Å². The molecule has 0 atom stereocenters. The molecule has 338 valence electrons. The average Bonchev–Trinajstić information content (AvgIpc) is 3.26. The van der Waals surface area contributed by atoms with Gasteiger partial charge >= 0.3 is 42.4 Å². The highest BCUT2D eigenvalue weighted by Gasteiger charge is 2.21. The molecular weight excluding hydrogens is 905 g/mol. The van der Waals surface area contributed by atoms with Crippen molar-refractivity contribution >= 4 is 65.2 Å². The largest absolute Gasteiger partial charge is 0.379 e. The maximum absolute atomic E-state index is 13.3. The number of amides is 4. The minimum atomic E-state index is -4.35. The fourth-order valence-corrected chi connectivity index (χ4v) is 9.06. The molecule has 0 saturated carbocycles. The molecule has 0 radical (unpaired) electrons. The average molecular weight is 947 g/mol. The molecule has 7 rings (SSSR count). The second kappa shape index (κ2) is 19.6. The monoisotopic (exact) mass is 946 g/mol. The minimum absolute atomic E-state index is 0.0215. The molecule has 0 fully saturated rings. The number of benzene rings is 7. The topological polar surface area (TPSA) is 212 Å². The molecule has 4 N–H and O–H groups in total. The normalized spacial score (nSPS) is 11.6. The summed E-state index contributed by atoms with van der Waals surface area (Å²) in [4.78, 5) is 25.2. The number of rotatable bonds is 15. The van der Waals surface area contributed by atoms with Crippen LogP contribution in [0.1, 0.15) is 30.9 Å². The summed E-state index contributed by atoms with van der Waals surface area (Å²) in [6.45, 7) is 5.92. The molecule has 0 heterocycles. The van der Waals surface area contributed by atoms with Gasteiger partial charge in [-0.3, -0.25) is 0 Å². The van der Waals surface area contributed by atoms with Crippen LogP contribution in [0.3, 0.4) is 0 Å². The third kappa shape index (κ3) is 12.1. The predicted octanol–water partition coefficient (Wildman–Crippen LogP) is 10.4. The number of hydrogen-bond donors (Lipinski definition) is 4. The van der Waals surface area contributed by atoms with E-state index in [-0.39, 0.29) is 49.2 Å². The fourth-order valence-electron chi connectivity index (χ4n) is 6.30. The predicted molar refractivity (Wildman–Crippen MR) is 252 cm³/mol. The lowest BCUT2D eigenvalue weighted by molar-refractivity contribution is 0.261. The lowest BCUT2D eigenvalue weighted by Crippen LogP contribution is -2.19. The first-order valence-corrected chi connectivity index (χ1v) is 24.3. The summed E-state index contributed by atoms with van der Waals surface area (Å²) in [6, 6.07) is 41.3. The quantitative estimate of drug-likeness (QED) is 0.0710. The Morgan fingerprint density at radius 2 is 0.712 bits per heavy atom. The molecule has 66 heavy (non-hydrogen) atoms. The van der Waals surface area contributed by atoms with Crippen LogP contribution in [0.15, 0.2) is 185 Å². The highest BCUT2D eigenvalue weighted by molar-refractivity contribution is 7.87. The van der Waals surface area contributed by atoms with E-state index in [9.17, 15) is 34.8 Å². The van der Waals surface area contributed by atoms with Crippen LogP contribution in [0, 0.1) is 6.92 Å². The van der Waals surface area contributed by atoms with Gasteiger partial charge in [0, 0.05) is 40.9 Å². The van der Waals surface area contributed by atoms with Gasteiger partial charge in [0.25, 0.3) is 0 Å². The van der Waals surface area contributed by atoms with Crippen LogP contribution in [0.25, 0.3) is 11.1 Å². The molecule has 0 bridgehead atoms. The third-order valence-corrected chi connectivity index (χ3v) is 13.4. The molecular formula is C48H42N4O11S3. The summed E-state index contributed by atoms with van der Waals surface area (Å²) in [5.74, 6) is 0.133. The van der Waals surface area contributed by atoms with Crippen LogP contribution >= 0.6 is 0 Å². The van der Waals surface area contributed by atoms with Crippen molar-refractivity contribution in [3.05, 3.63) is 181 Å². The molecule has 4 amide bonds. The van der Waals surface area contributed by atoms with E-state index in [0.29, 0.717) is 22.5 Å². The first-order chi connectivity index (χ1) is 31.4. The number of carbonyl (C=O) groups excluding carboxylic acids is 2. The number of hydrogen-bond acceptors (Lipinski definition) is 11. The molecule has 15 nitrogen and oxygen atoms in total. The van der Waals surface area contributed by atoms with Crippen LogP contribution in [0.2, 0.25) is 0 Å². The summed E-state index contributed by atoms with van der Waals surface area (Å²) >= 11 is 0. The molecule has 7 aromatic carbocycles. The van der Waals surface area contributed by atoms with Crippen molar-refractivity contribution in [2.45, 2.75) is 41.4 Å². The Morgan fingerprint density at radius 3 is 1.05 bits per heavy atom. The Kier molecular flexibility index (Phi) is 13.8. The molecule has 0 aliphatic rings. The number of aryl methyl sites for hydroxylation is 1. The lowest BCUT2D eigenvalue weighted by atomic mass is 10.0. The Bertz CT molecular complexity index is 3240. The smallest absolute Gasteiger partial charge is 0.339 e. The maximum Gasteiger partial charge on any atom is 0.339 e. The Labute approximate surface area is 382 Å². The van der Waals surface area contributed by atoms with Crippen molar-refractivity contribution in [3.8, 4) is 28.4 Å². The van der Waals surface area contributed by atoms with E-state index >= 15 is 0 Å². The van der Waals surface area contributed by atoms with Gasteiger partial charge < -0.3 is 33.8 Å². The van der Waals surface area contributed by atoms with E-state index in [0.717, 1.165) is 11.1 Å². The van der Waals surface area contributed by atoms with Crippen LogP contribution in [-0.2, 0) is 30.4 Å². The number of urea groups is 2. The van der Waals surface area contributed by atoms with Gasteiger partial charge in [0.15, 0.2) is 0 Å². The number of carbonyl (C=O) groups is 2. The van der Waals surface area contributed by atoms with E-state index < -0.39 is 42.4 Å². The first kappa shape index (κ1) is 46.3. The standard InChI is InChI=1S/C48H42N4O11S3/c1-32(2)36-8-4-9-37(28-36)49-47(53)50-38-10-5-14-42(29-38)62-65(57,58)45-24-18-34(19-25-45)35-20-26-46(27-21-35)66(59,60)63-43-15-7-12-40(31-43)52-48(54)51-39-11-6-13-41(30-39)61-64(55,56)44-22-16-33(3)17-23-44/h4-32H,1-3H3,(H2,49,50,53)(H2,51,52,54). The molecule has 0 unspecified atom stereocenters. The van der Waals surface area contributed by atoms with Gasteiger partial charge in [-0.2, -0.15) is 25.3 Å². The summed E-state index contributed by atoms with van der Waals surface area (Å²) < 4.78 is 94.4. The van der Waals surface area contributed by atoms with Gasteiger partial charge in [0.1, 0.15) is 31.9 Å². The Balaban J connectivity index is 0.928. The van der Waals surface area contributed by atoms with Crippen molar-refractivity contribution in [2.75, 3.05) is 21.3 Å². The summed E-state index contributed by atoms with van der Waals surface area (Å²) in [5, 5.41) is 10.6. The SMILES string of the molecule is Cc1ccc(S(=O)(=O)Oc2cccc(NC(=O)Nc3cccc(OS(=O)(=O)c4ccc(-c5ccc(S(=O)(=O)Oc6cccc(NC(=O)Nc7cccc(C(C)C)c7)c6)cc5)cc4)c3)c2)cc1. The lowest BCUT2D eigenvalue weighted by Gasteiger charge is -2.12. The van der Waals surface area contributed by atoms with Gasteiger partial charge in [0.2, 0.25) is 0 Å². The van der Waals surface area contributed by atoms with E-state index in [4.69, 9.17) is 12.5 Å². The van der Waals surface area contributed by atoms with Gasteiger partial charge in [-0.15, -0.1) is 0 Å². The summed E-state index contributed by atoms with van der Waals surface area (Å²) in [5.41, 5.74) is 4.42. The molecule has 7 aromatic rings. The molecule has 0 aliphatic carbocycles. The summed E-state index contributed by atoms with van der Waals surface area (Å²) in [6.07, 6.45) is 0. The van der Waals surface area contributed by atoms with Gasteiger partial charge in [-0.25, -0.2) is 9.59 Å². The van der Waals surface area contributed by atoms with Crippen LogP contribution in [0.5, 0.6) is 17.2 Å². The van der Waals surface area contributed by atoms with E-state index in [1.54, 1.807) is 42.5 Å². The van der Waals surface area contributed by atoms with Crippen molar-refractivity contribution in [3.63, 3.8) is 0 Å². The van der Waals surface area contributed by atoms with Crippen molar-refractivity contribution in [2.24, 2.45) is 0 Å². The fraction of sp³-hybridized carbons (Fsp3) is 0.0833. The first-order valence-electron chi connectivity index (χ1n) is 20.1. The third-order valence-electron chi connectivity index (χ3n) is 9.63. The van der Waals surface area contributed by atoms with Crippen molar-refractivity contribution < 1.29 is 47.4 Å². The van der Waals surface area contributed by atoms with Crippen LogP contribution < -0.4 is 33.8 Å². The van der Waals surface area contributed by atoms with Gasteiger partial charge in [-0.05, 0) is 114 Å². The summed E-state index contributed by atoms with van der Waals surface area (Å²) in [7, 11) is -12.8. The number of anilines is 4. The van der Waals surface area contributed by atoms with Gasteiger partial charge in [-0.1, -0.05) is 86.1 Å². The minimum Gasteiger partial charge on any atom is -0.379 e. The van der Waals surface area contributed by atoms with Crippen LogP contribution in [-0.4, -0.2) is 37.3 Å². The van der Waals surface area contributed by atoms with E-state index in [1.807, 2.05) is 39.0 Å². The molecule has 0 aromatic heterocycles. The Morgan fingerprint density at radius 1 is 0.409 bits per heavy atom. The van der Waals surface area contributed by atoms with Crippen molar-refractivity contribution in [1.29, 1.82) is 0 Å². The molecule has 18 heteroatoms. The van der Waals surface area contributed by atoms with Gasteiger partial charge in [0.05, 0.1) is 0 Å². The zero-order chi connectivity index (χ0) is 47.1. The highest BCUT2D eigenvalue weighted by atomic mass is 32.2. The zero-order valence-corrected chi connectivity index (χ0v) is 37.9. The van der Waals surface area contributed by atoms with Crippen molar-refractivity contribution in [1.82, 2.24) is 0 Å². The Hall–Kier alpha value is -7.67. The molecule has 0 spiro atoms. The van der Waals surface area contributed by atoms with Crippen LogP contribution in [0.4, 0.5) is 32.3 Å². The van der Waals surface area contributed by atoms with E-state index in [2.05, 4.69) is 21.3 Å². The number of nitrogens with one attached hydrogen (secondary N) is 4. The molecule has 0 saturated heterocycles. The molecule has 0 aliphatic heterocycles.